The fourth-order valence-corrected chi connectivity index (χ4v) is 3.57. The highest BCUT2D eigenvalue weighted by Gasteiger charge is 2.23. The van der Waals surface area contributed by atoms with E-state index >= 15 is 0 Å². The Labute approximate surface area is 218 Å². The second kappa shape index (κ2) is 12.8. The zero-order valence-electron chi connectivity index (χ0n) is 21.8. The molecule has 3 aromatic carbocycles. The molecule has 1 heterocycles. The SMILES string of the molecule is CC(=O)[O-].CN(C)C(=Nn1cc[n+](N=C(c2ccccc2)N(C)C)c1-c1ccccc1)c1ccccc1. The Morgan fingerprint density at radius 3 is 1.65 bits per heavy atom. The second-order valence-electron chi connectivity index (χ2n) is 8.54. The molecular formula is C29H32N6O2. The van der Waals surface area contributed by atoms with E-state index in [1.807, 2.05) is 114 Å². The Morgan fingerprint density at radius 2 is 1.19 bits per heavy atom. The molecule has 0 radical (unpaired) electrons. The van der Waals surface area contributed by atoms with Gasteiger partial charge < -0.3 is 19.7 Å². The smallest absolute Gasteiger partial charge is 0.340 e. The molecule has 8 nitrogen and oxygen atoms in total. The Kier molecular flexibility index (Phi) is 9.32. The van der Waals surface area contributed by atoms with E-state index in [0.717, 1.165) is 41.1 Å². The summed E-state index contributed by atoms with van der Waals surface area (Å²) in [6.07, 6.45) is 3.88. The van der Waals surface area contributed by atoms with Crippen molar-refractivity contribution in [2.45, 2.75) is 6.92 Å². The molecule has 4 rings (SSSR count). The number of benzene rings is 3. The molecule has 0 N–H and O–H groups in total. The van der Waals surface area contributed by atoms with Gasteiger partial charge >= 0.3 is 5.82 Å². The molecule has 0 saturated heterocycles. The Balaban J connectivity index is 0.000000886. The number of carbonyl (C=O) groups excluding carboxylic acids is 1. The number of carboxylic acids is 1. The van der Waals surface area contributed by atoms with Gasteiger partial charge in [0.1, 0.15) is 0 Å². The van der Waals surface area contributed by atoms with Crippen LogP contribution in [0.5, 0.6) is 0 Å². The predicted molar refractivity (Wildman–Crippen MR) is 145 cm³/mol. The largest absolute Gasteiger partial charge is 0.550 e. The molecule has 0 saturated carbocycles. The number of nitrogens with zero attached hydrogens (tertiary/aromatic N) is 6. The monoisotopic (exact) mass is 496 g/mol. The molecule has 4 aromatic rings. The van der Waals surface area contributed by atoms with Crippen LogP contribution in [0, 0.1) is 0 Å². The Morgan fingerprint density at radius 1 is 0.757 bits per heavy atom. The number of aliphatic carboxylic acids is 1. The average molecular weight is 497 g/mol. The minimum Gasteiger partial charge on any atom is -0.550 e. The normalized spacial score (nSPS) is 11.4. The molecule has 0 spiro atoms. The first-order valence-corrected chi connectivity index (χ1v) is 11.8. The lowest BCUT2D eigenvalue weighted by molar-refractivity contribution is -0.667. The van der Waals surface area contributed by atoms with Crippen LogP contribution in [-0.2, 0) is 4.79 Å². The van der Waals surface area contributed by atoms with Crippen molar-refractivity contribution in [3.8, 4) is 11.4 Å². The number of amidine groups is 2. The molecule has 0 unspecified atom stereocenters. The molecule has 0 aliphatic rings. The zero-order chi connectivity index (χ0) is 26.8. The zero-order valence-corrected chi connectivity index (χ0v) is 21.8. The summed E-state index contributed by atoms with van der Waals surface area (Å²) < 4.78 is 3.78. The van der Waals surface area contributed by atoms with Crippen LogP contribution in [0.2, 0.25) is 0 Å². The standard InChI is InChI=1S/C27H29N6.C2H4O2/c1-30(2)25(22-14-8-5-9-15-22)28-32-20-21-33(27(32)24-18-12-7-13-19-24)29-26(31(3)4)23-16-10-6-11-17-23;1-2(3)4/h5-21H,1-4H3;1H3,(H,3,4)/q+1;/p-1. The van der Waals surface area contributed by atoms with E-state index in [4.69, 9.17) is 20.1 Å². The highest BCUT2D eigenvalue weighted by Crippen LogP contribution is 2.17. The molecule has 0 aliphatic heterocycles. The summed E-state index contributed by atoms with van der Waals surface area (Å²) in [6, 6.07) is 30.6. The molecular weight excluding hydrogens is 464 g/mol. The first kappa shape index (κ1) is 26.9. The molecule has 37 heavy (non-hydrogen) atoms. The van der Waals surface area contributed by atoms with Crippen LogP contribution in [0.1, 0.15) is 18.1 Å². The number of hydrogen-bond acceptors (Lipinski definition) is 4. The molecule has 190 valence electrons. The van der Waals surface area contributed by atoms with Crippen molar-refractivity contribution in [1.82, 2.24) is 14.5 Å². The minimum atomic E-state index is -1.08. The topological polar surface area (TPSA) is 80.1 Å². The van der Waals surface area contributed by atoms with Crippen molar-refractivity contribution in [1.29, 1.82) is 0 Å². The van der Waals surface area contributed by atoms with Gasteiger partial charge in [-0.15, -0.1) is 0 Å². The van der Waals surface area contributed by atoms with Crippen molar-refractivity contribution < 1.29 is 14.6 Å². The molecule has 0 amide bonds. The van der Waals surface area contributed by atoms with Crippen LogP contribution in [0.25, 0.3) is 11.4 Å². The highest BCUT2D eigenvalue weighted by molar-refractivity contribution is 5.98. The van der Waals surface area contributed by atoms with Gasteiger partial charge in [-0.1, -0.05) is 98.4 Å². The summed E-state index contributed by atoms with van der Waals surface area (Å²) in [7, 11) is 8.01. The first-order valence-electron chi connectivity index (χ1n) is 11.8. The van der Waals surface area contributed by atoms with Gasteiger partial charge in [-0.3, -0.25) is 0 Å². The van der Waals surface area contributed by atoms with Gasteiger partial charge in [0.2, 0.25) is 0 Å². The van der Waals surface area contributed by atoms with E-state index in [9.17, 15) is 0 Å². The van der Waals surface area contributed by atoms with Gasteiger partial charge in [-0.25, -0.2) is 0 Å². The predicted octanol–water partition coefficient (Wildman–Crippen LogP) is 2.74. The third kappa shape index (κ3) is 7.38. The molecule has 0 atom stereocenters. The number of hydrogen-bond donors (Lipinski definition) is 0. The van der Waals surface area contributed by atoms with Crippen molar-refractivity contribution in [3.63, 3.8) is 0 Å². The number of rotatable bonds is 5. The fourth-order valence-electron chi connectivity index (χ4n) is 3.57. The van der Waals surface area contributed by atoms with Crippen LogP contribution >= 0.6 is 0 Å². The number of carbonyl (C=O) groups is 1. The van der Waals surface area contributed by atoms with E-state index in [2.05, 4.69) is 36.4 Å². The Hall–Kier alpha value is -4.72. The molecule has 0 bridgehead atoms. The lowest BCUT2D eigenvalue weighted by atomic mass is 10.2. The fraction of sp³-hybridized carbons (Fsp3) is 0.172. The minimum absolute atomic E-state index is 0.857. The van der Waals surface area contributed by atoms with Gasteiger partial charge in [-0.2, -0.15) is 0 Å². The van der Waals surface area contributed by atoms with Gasteiger partial charge in [0.15, 0.2) is 24.1 Å². The second-order valence-corrected chi connectivity index (χ2v) is 8.54. The van der Waals surface area contributed by atoms with Crippen LogP contribution < -0.4 is 9.78 Å². The molecule has 8 heteroatoms. The van der Waals surface area contributed by atoms with Crippen LogP contribution in [0.15, 0.2) is 114 Å². The van der Waals surface area contributed by atoms with Crippen LogP contribution in [-0.4, -0.2) is 60.3 Å². The third-order valence-corrected chi connectivity index (χ3v) is 5.13. The molecule has 1 aromatic heterocycles. The van der Waals surface area contributed by atoms with Crippen LogP contribution in [0.4, 0.5) is 0 Å². The Bertz CT molecular complexity index is 1260. The van der Waals surface area contributed by atoms with E-state index in [1.54, 1.807) is 0 Å². The van der Waals surface area contributed by atoms with E-state index in [-0.39, 0.29) is 0 Å². The first-order chi connectivity index (χ1) is 17.8. The highest BCUT2D eigenvalue weighted by atomic mass is 16.4. The lowest BCUT2D eigenvalue weighted by Gasteiger charge is -2.15. The van der Waals surface area contributed by atoms with Gasteiger partial charge in [-0.05, 0) is 19.1 Å². The summed E-state index contributed by atoms with van der Waals surface area (Å²) in [6.45, 7) is 0.972. The summed E-state index contributed by atoms with van der Waals surface area (Å²) in [4.78, 5) is 12.9. The number of imidazole rings is 1. The maximum absolute atomic E-state index is 8.89. The van der Waals surface area contributed by atoms with Crippen molar-refractivity contribution in [2.75, 3.05) is 28.2 Å². The molecule has 0 aliphatic carbocycles. The average Bonchev–Trinajstić information content (AvgIpc) is 3.29. The summed E-state index contributed by atoms with van der Waals surface area (Å²) in [5, 5.41) is 18.9. The summed E-state index contributed by atoms with van der Waals surface area (Å²) in [5.41, 5.74) is 3.11. The van der Waals surface area contributed by atoms with Crippen molar-refractivity contribution >= 4 is 17.6 Å². The van der Waals surface area contributed by atoms with E-state index in [0.29, 0.717) is 0 Å². The quantitative estimate of drug-likeness (QED) is 0.242. The third-order valence-electron chi connectivity index (χ3n) is 5.13. The van der Waals surface area contributed by atoms with E-state index < -0.39 is 5.97 Å². The maximum atomic E-state index is 8.89. The lowest BCUT2D eigenvalue weighted by Crippen LogP contribution is -2.35. The van der Waals surface area contributed by atoms with Gasteiger partial charge in [0.05, 0.1) is 5.56 Å². The van der Waals surface area contributed by atoms with Crippen molar-refractivity contribution in [2.24, 2.45) is 10.2 Å². The van der Waals surface area contributed by atoms with E-state index in [1.165, 1.54) is 0 Å². The van der Waals surface area contributed by atoms with Crippen molar-refractivity contribution in [3.05, 3.63) is 115 Å². The maximum Gasteiger partial charge on any atom is 0.340 e. The molecule has 0 fully saturated rings. The summed E-state index contributed by atoms with van der Waals surface area (Å²) >= 11 is 0. The summed E-state index contributed by atoms with van der Waals surface area (Å²) in [5.74, 6) is 1.49. The van der Waals surface area contributed by atoms with Crippen LogP contribution in [0.3, 0.4) is 0 Å². The number of carboxylic acid groups (broad SMARTS) is 1. The van der Waals surface area contributed by atoms with Gasteiger partial charge in [0.25, 0.3) is 0 Å². The van der Waals surface area contributed by atoms with Gasteiger partial charge in [0, 0.05) is 45.3 Å². The number of aromatic nitrogens is 2.